The molecule has 0 aliphatic carbocycles. The standard InChI is InChI=1S/C13H26O4S6/c1-2-23(16)7-3-5-18-10-22-11-19-6-4-13(15)17-9-21-12-20-8-14/h14H,2-12H2,1H3. The summed E-state index contributed by atoms with van der Waals surface area (Å²) < 4.78 is 16.3. The quantitative estimate of drug-likeness (QED) is 0.209. The van der Waals surface area contributed by atoms with Crippen molar-refractivity contribution in [2.24, 2.45) is 0 Å². The number of hydrogen-bond acceptors (Lipinski definition) is 9. The van der Waals surface area contributed by atoms with E-state index in [0.29, 0.717) is 12.4 Å². The molecular formula is C13H26O4S6. The molecule has 0 fully saturated rings. The highest BCUT2D eigenvalue weighted by Gasteiger charge is 2.03. The molecule has 0 bridgehead atoms. The highest BCUT2D eigenvalue weighted by atomic mass is 32.2. The predicted molar refractivity (Wildman–Crippen MR) is 113 cm³/mol. The molecule has 0 heterocycles. The Morgan fingerprint density at radius 2 is 1.74 bits per heavy atom. The molecule has 138 valence electrons. The molecule has 10 heteroatoms. The molecule has 0 aliphatic heterocycles. The van der Waals surface area contributed by atoms with Crippen LogP contribution in [0.2, 0.25) is 0 Å². The lowest BCUT2D eigenvalue weighted by Gasteiger charge is -2.04. The van der Waals surface area contributed by atoms with Gasteiger partial charge < -0.3 is 9.84 Å². The van der Waals surface area contributed by atoms with E-state index >= 15 is 0 Å². The zero-order valence-electron chi connectivity index (χ0n) is 13.4. The number of esters is 1. The molecule has 1 unspecified atom stereocenters. The van der Waals surface area contributed by atoms with E-state index < -0.39 is 10.8 Å². The maximum absolute atomic E-state index is 11.4. The van der Waals surface area contributed by atoms with Crippen molar-refractivity contribution in [3.8, 4) is 0 Å². The first-order valence-corrected chi connectivity index (χ1v) is 14.5. The highest BCUT2D eigenvalue weighted by molar-refractivity contribution is 8.22. The number of carbonyl (C=O) groups excluding carboxylic acids is 1. The Hall–Kier alpha value is 1.33. The molecule has 0 amide bonds. The zero-order chi connectivity index (χ0) is 17.2. The van der Waals surface area contributed by atoms with E-state index in [1.165, 1.54) is 23.5 Å². The predicted octanol–water partition coefficient (Wildman–Crippen LogP) is 3.52. The van der Waals surface area contributed by atoms with Crippen molar-refractivity contribution >= 4 is 75.6 Å². The van der Waals surface area contributed by atoms with Gasteiger partial charge in [-0.25, -0.2) is 0 Å². The Morgan fingerprint density at radius 1 is 1.04 bits per heavy atom. The van der Waals surface area contributed by atoms with Gasteiger partial charge in [0.2, 0.25) is 0 Å². The zero-order valence-corrected chi connectivity index (χ0v) is 18.3. The number of hydrogen-bond donors (Lipinski definition) is 1. The van der Waals surface area contributed by atoms with Gasteiger partial charge in [0.05, 0.1) is 12.4 Å². The third kappa shape index (κ3) is 19.5. The second kappa shape index (κ2) is 19.7. The number of rotatable bonds is 17. The van der Waals surface area contributed by atoms with Crippen LogP contribution in [0.5, 0.6) is 0 Å². The second-order valence-electron chi connectivity index (χ2n) is 4.08. The van der Waals surface area contributed by atoms with Crippen molar-refractivity contribution in [1.82, 2.24) is 0 Å². The van der Waals surface area contributed by atoms with Gasteiger partial charge in [0.15, 0.2) is 0 Å². The number of ether oxygens (including phenoxy) is 1. The molecule has 0 saturated heterocycles. The molecule has 0 aromatic carbocycles. The Bertz CT molecular complexity index is 306. The van der Waals surface area contributed by atoms with Crippen molar-refractivity contribution in [3.63, 3.8) is 0 Å². The van der Waals surface area contributed by atoms with Crippen LogP contribution in [0, 0.1) is 0 Å². The molecule has 0 rings (SSSR count). The topological polar surface area (TPSA) is 63.6 Å². The van der Waals surface area contributed by atoms with Gasteiger partial charge in [-0.1, -0.05) is 6.92 Å². The van der Waals surface area contributed by atoms with Crippen LogP contribution in [0.3, 0.4) is 0 Å². The summed E-state index contributed by atoms with van der Waals surface area (Å²) in [6.45, 7) is 1.96. The van der Waals surface area contributed by atoms with E-state index in [0.717, 1.165) is 44.7 Å². The summed E-state index contributed by atoms with van der Waals surface area (Å²) in [5.74, 6) is 3.77. The van der Waals surface area contributed by atoms with Gasteiger partial charge in [0.25, 0.3) is 0 Å². The van der Waals surface area contributed by atoms with Gasteiger partial charge in [0, 0.05) is 43.3 Å². The third-order valence-electron chi connectivity index (χ3n) is 2.33. The lowest BCUT2D eigenvalue weighted by Crippen LogP contribution is -2.05. The van der Waals surface area contributed by atoms with E-state index in [4.69, 9.17) is 9.84 Å². The van der Waals surface area contributed by atoms with Crippen molar-refractivity contribution in [1.29, 1.82) is 0 Å². The second-order valence-corrected chi connectivity index (χ2v) is 12.1. The first-order valence-electron chi connectivity index (χ1n) is 7.20. The average molecular weight is 439 g/mol. The average Bonchev–Trinajstić information content (AvgIpc) is 2.56. The van der Waals surface area contributed by atoms with E-state index in [9.17, 15) is 9.00 Å². The molecule has 4 nitrogen and oxygen atoms in total. The summed E-state index contributed by atoms with van der Waals surface area (Å²) in [5.41, 5.74) is 0. The summed E-state index contributed by atoms with van der Waals surface area (Å²) >= 11 is 8.40. The summed E-state index contributed by atoms with van der Waals surface area (Å²) in [4.78, 5) is 11.4. The highest BCUT2D eigenvalue weighted by Crippen LogP contribution is 2.19. The molecule has 0 aliphatic rings. The lowest BCUT2D eigenvalue weighted by atomic mass is 10.5. The Balaban J connectivity index is 3.17. The number of aliphatic hydroxyl groups is 1. The lowest BCUT2D eigenvalue weighted by molar-refractivity contribution is -0.140. The Kier molecular flexibility index (Phi) is 20.8. The third-order valence-corrected chi connectivity index (χ3v) is 9.25. The van der Waals surface area contributed by atoms with Crippen LogP contribution in [0.4, 0.5) is 0 Å². The number of aliphatic hydroxyl groups excluding tert-OH is 1. The molecule has 0 aromatic rings. The SMILES string of the molecule is CCS(=O)CCCSCSCSCCC(=O)OCSCSCO. The minimum absolute atomic E-state index is 0.103. The maximum Gasteiger partial charge on any atom is 0.307 e. The van der Waals surface area contributed by atoms with Gasteiger partial charge in [-0.2, -0.15) is 23.5 Å². The van der Waals surface area contributed by atoms with Crippen molar-refractivity contribution in [2.75, 3.05) is 50.1 Å². The molecular weight excluding hydrogens is 413 g/mol. The van der Waals surface area contributed by atoms with Crippen molar-refractivity contribution < 1.29 is 18.8 Å². The summed E-state index contributed by atoms with van der Waals surface area (Å²) in [6.07, 6.45) is 1.48. The molecule has 23 heavy (non-hydrogen) atoms. The molecule has 1 atom stereocenters. The Morgan fingerprint density at radius 3 is 2.43 bits per heavy atom. The molecule has 1 N–H and O–H groups in total. The van der Waals surface area contributed by atoms with Gasteiger partial charge in [-0.15, -0.1) is 35.3 Å². The van der Waals surface area contributed by atoms with Crippen LogP contribution in [0.1, 0.15) is 19.8 Å². The van der Waals surface area contributed by atoms with Crippen LogP contribution >= 0.6 is 58.8 Å². The van der Waals surface area contributed by atoms with Crippen LogP contribution in [-0.4, -0.2) is 65.4 Å². The first-order chi connectivity index (χ1) is 11.2. The summed E-state index contributed by atoms with van der Waals surface area (Å²) in [7, 11) is -0.630. The van der Waals surface area contributed by atoms with E-state index in [1.807, 2.05) is 30.4 Å². The largest absolute Gasteiger partial charge is 0.455 e. The van der Waals surface area contributed by atoms with E-state index in [-0.39, 0.29) is 11.9 Å². The van der Waals surface area contributed by atoms with Crippen molar-refractivity contribution in [3.05, 3.63) is 0 Å². The van der Waals surface area contributed by atoms with Gasteiger partial charge in [0.1, 0.15) is 5.94 Å². The number of thioether (sulfide) groups is 5. The molecule has 0 radical (unpaired) electrons. The minimum Gasteiger partial charge on any atom is -0.455 e. The van der Waals surface area contributed by atoms with E-state index in [2.05, 4.69) is 0 Å². The molecule has 0 spiro atoms. The normalized spacial score (nSPS) is 12.3. The fourth-order valence-electron chi connectivity index (χ4n) is 1.20. The van der Waals surface area contributed by atoms with Gasteiger partial charge >= 0.3 is 5.97 Å². The molecule has 0 aromatic heterocycles. The van der Waals surface area contributed by atoms with Gasteiger partial charge in [-0.05, 0) is 12.2 Å². The number of carbonyl (C=O) groups is 1. The fourth-order valence-corrected chi connectivity index (χ4v) is 6.83. The smallest absolute Gasteiger partial charge is 0.307 e. The first kappa shape index (κ1) is 24.3. The summed E-state index contributed by atoms with van der Waals surface area (Å²) in [6, 6.07) is 0. The summed E-state index contributed by atoms with van der Waals surface area (Å²) in [5, 5.41) is 11.4. The molecule has 0 saturated carbocycles. The maximum atomic E-state index is 11.4. The fraction of sp³-hybridized carbons (Fsp3) is 0.923. The van der Waals surface area contributed by atoms with Crippen LogP contribution in [-0.2, 0) is 20.3 Å². The van der Waals surface area contributed by atoms with Crippen LogP contribution in [0.15, 0.2) is 0 Å². The van der Waals surface area contributed by atoms with Crippen LogP contribution in [0.25, 0.3) is 0 Å². The van der Waals surface area contributed by atoms with E-state index in [1.54, 1.807) is 11.8 Å². The van der Waals surface area contributed by atoms with Crippen LogP contribution < -0.4 is 0 Å². The monoisotopic (exact) mass is 438 g/mol. The van der Waals surface area contributed by atoms with Crippen molar-refractivity contribution in [2.45, 2.75) is 19.8 Å². The minimum atomic E-state index is -0.630. The Labute approximate surface area is 163 Å². The van der Waals surface area contributed by atoms with Gasteiger partial charge in [-0.3, -0.25) is 9.00 Å².